The Morgan fingerprint density at radius 3 is 2.08 bits per heavy atom. The van der Waals surface area contributed by atoms with Gasteiger partial charge in [0.25, 0.3) is 0 Å². The highest BCUT2D eigenvalue weighted by atomic mass is 32.2. The molecule has 1 unspecified atom stereocenters. The van der Waals surface area contributed by atoms with E-state index in [-0.39, 0.29) is 0 Å². The van der Waals surface area contributed by atoms with Crippen molar-refractivity contribution in [1.29, 1.82) is 4.78 Å². The van der Waals surface area contributed by atoms with Gasteiger partial charge >= 0.3 is 0 Å². The molecule has 3 heteroatoms. The fraction of sp³-hybridized carbons (Fsp3) is 0.333. The van der Waals surface area contributed by atoms with Gasteiger partial charge in [-0.1, -0.05) is 17.7 Å². The quantitative estimate of drug-likeness (QED) is 0.746. The zero-order valence-corrected chi connectivity index (χ0v) is 8.48. The minimum absolute atomic E-state index is 0.510. The molecule has 1 aromatic rings. The third-order valence-electron chi connectivity index (χ3n) is 1.61. The lowest BCUT2D eigenvalue weighted by atomic mass is 10.2. The first kappa shape index (κ1) is 9.42. The third-order valence-corrected chi connectivity index (χ3v) is 3.06. The average Bonchev–Trinajstić information content (AvgIpc) is 2.04. The zero-order valence-electron chi connectivity index (χ0n) is 7.66. The highest BCUT2D eigenvalue weighted by molar-refractivity contribution is 7.83. The second kappa shape index (κ2) is 3.83. The second-order valence-corrected chi connectivity index (χ2v) is 4.68. The van der Waals surface area contributed by atoms with Gasteiger partial charge < -0.3 is 0 Å². The van der Waals surface area contributed by atoms with Crippen molar-refractivity contribution < 1.29 is 0 Å². The van der Waals surface area contributed by atoms with Crippen molar-refractivity contribution in [3.8, 4) is 0 Å². The van der Waals surface area contributed by atoms with E-state index in [1.54, 1.807) is 0 Å². The molecule has 12 heavy (non-hydrogen) atoms. The van der Waals surface area contributed by atoms with E-state index in [1.165, 1.54) is 5.56 Å². The van der Waals surface area contributed by atoms with Gasteiger partial charge in [0.05, 0.1) is 0 Å². The molecule has 2 nitrogen and oxygen atoms in total. The third kappa shape index (κ3) is 2.16. The number of hydrogen-bond donors (Lipinski definition) is 1. The Morgan fingerprint density at radius 2 is 1.67 bits per heavy atom. The zero-order chi connectivity index (χ0) is 9.14. The van der Waals surface area contributed by atoms with Crippen LogP contribution in [-0.2, 0) is 10.9 Å². The van der Waals surface area contributed by atoms with Crippen molar-refractivity contribution in [2.24, 2.45) is 0 Å². The van der Waals surface area contributed by atoms with Crippen LogP contribution < -0.4 is 0 Å². The maximum Gasteiger partial charge on any atom is 0.0331 e. The molecule has 0 heterocycles. The Balaban J connectivity index is 2.90. The number of hydrogen-bond acceptors (Lipinski definition) is 1. The predicted octanol–water partition coefficient (Wildman–Crippen LogP) is 2.21. The van der Waals surface area contributed by atoms with E-state index < -0.39 is 10.9 Å². The van der Waals surface area contributed by atoms with Gasteiger partial charge in [0.1, 0.15) is 0 Å². The maximum absolute atomic E-state index is 7.79. The molecule has 0 radical (unpaired) electrons. The first-order valence-corrected chi connectivity index (χ1v) is 4.99. The summed E-state index contributed by atoms with van der Waals surface area (Å²) in [5.41, 5.74) is 1.24. The van der Waals surface area contributed by atoms with E-state index in [2.05, 4.69) is 6.92 Å². The molecule has 0 bridgehead atoms. The van der Waals surface area contributed by atoms with Crippen molar-refractivity contribution in [1.82, 2.24) is 4.31 Å². The molecule has 0 amide bonds. The van der Waals surface area contributed by atoms with E-state index in [0.29, 0.717) is 0 Å². The highest BCUT2D eigenvalue weighted by Gasteiger charge is 1.99. The monoisotopic (exact) mass is 182 g/mol. The Labute approximate surface area is 76.2 Å². The lowest BCUT2D eigenvalue weighted by Gasteiger charge is -2.12. The van der Waals surface area contributed by atoms with Crippen LogP contribution in [0.15, 0.2) is 29.2 Å². The van der Waals surface area contributed by atoms with E-state index in [1.807, 2.05) is 42.7 Å². The topological polar surface area (TPSA) is 27.1 Å². The Bertz CT molecular complexity index is 277. The molecule has 0 fully saturated rings. The van der Waals surface area contributed by atoms with Crippen molar-refractivity contribution in [3.05, 3.63) is 29.8 Å². The molecular weight excluding hydrogens is 168 g/mol. The van der Waals surface area contributed by atoms with Gasteiger partial charge in [-0.15, -0.1) is 0 Å². The van der Waals surface area contributed by atoms with E-state index in [4.69, 9.17) is 4.78 Å². The van der Waals surface area contributed by atoms with Crippen LogP contribution in [0.5, 0.6) is 0 Å². The Hall–Kier alpha value is -0.670. The van der Waals surface area contributed by atoms with Crippen LogP contribution >= 0.6 is 0 Å². The second-order valence-electron chi connectivity index (χ2n) is 2.91. The van der Waals surface area contributed by atoms with E-state index in [9.17, 15) is 0 Å². The molecule has 0 saturated carbocycles. The summed E-state index contributed by atoms with van der Waals surface area (Å²) < 4.78 is 9.70. The molecule has 0 aliphatic carbocycles. The fourth-order valence-electron chi connectivity index (χ4n) is 0.878. The van der Waals surface area contributed by atoms with Crippen molar-refractivity contribution in [2.45, 2.75) is 11.8 Å². The fourth-order valence-corrected chi connectivity index (χ4v) is 1.69. The minimum atomic E-state index is -0.510. The Morgan fingerprint density at radius 1 is 1.17 bits per heavy atom. The molecule has 1 aromatic carbocycles. The lowest BCUT2D eigenvalue weighted by Crippen LogP contribution is -2.13. The predicted molar refractivity (Wildman–Crippen MR) is 53.2 cm³/mol. The number of aryl methyl sites for hydroxylation is 1. The van der Waals surface area contributed by atoms with Crippen LogP contribution in [0, 0.1) is 11.7 Å². The van der Waals surface area contributed by atoms with Gasteiger partial charge in [0.2, 0.25) is 0 Å². The van der Waals surface area contributed by atoms with Crippen LogP contribution in [0.4, 0.5) is 0 Å². The van der Waals surface area contributed by atoms with Crippen molar-refractivity contribution in [3.63, 3.8) is 0 Å². The van der Waals surface area contributed by atoms with Crippen LogP contribution in [-0.4, -0.2) is 18.4 Å². The van der Waals surface area contributed by atoms with Gasteiger partial charge in [0, 0.05) is 4.90 Å². The van der Waals surface area contributed by atoms with Gasteiger partial charge in [-0.25, -0.2) is 4.31 Å². The van der Waals surface area contributed by atoms with Crippen LogP contribution in [0.3, 0.4) is 0 Å². The number of nitrogens with one attached hydrogen (secondary N) is 1. The molecule has 1 rings (SSSR count). The molecule has 0 aliphatic rings. The summed E-state index contributed by atoms with van der Waals surface area (Å²) in [6.45, 7) is 2.06. The summed E-state index contributed by atoms with van der Waals surface area (Å²) in [5.74, 6) is 0. The largest absolute Gasteiger partial charge is 0.261 e. The average molecular weight is 182 g/mol. The number of nitrogens with zero attached hydrogens (tertiary/aromatic N) is 1. The summed E-state index contributed by atoms with van der Waals surface area (Å²) in [4.78, 5) is 1.07. The number of benzene rings is 1. The lowest BCUT2D eigenvalue weighted by molar-refractivity contribution is 0.689. The first-order chi connectivity index (χ1) is 5.61. The molecule has 66 valence electrons. The summed E-state index contributed by atoms with van der Waals surface area (Å²) in [6, 6.07) is 8.14. The van der Waals surface area contributed by atoms with Gasteiger partial charge in [-0.2, -0.15) is 0 Å². The van der Waals surface area contributed by atoms with E-state index >= 15 is 0 Å². The molecule has 0 spiro atoms. The van der Waals surface area contributed by atoms with Crippen LogP contribution in [0.1, 0.15) is 5.56 Å². The molecule has 0 saturated heterocycles. The molecule has 0 aliphatic heterocycles. The smallest absolute Gasteiger partial charge is 0.0331 e. The van der Waals surface area contributed by atoms with Gasteiger partial charge in [0.15, 0.2) is 0 Å². The molecule has 1 N–H and O–H groups in total. The maximum atomic E-state index is 7.79. The summed E-state index contributed by atoms with van der Waals surface area (Å²) >= 11 is 0. The van der Waals surface area contributed by atoms with Crippen LogP contribution in [0.2, 0.25) is 0 Å². The van der Waals surface area contributed by atoms with Crippen molar-refractivity contribution in [2.75, 3.05) is 14.1 Å². The summed E-state index contributed by atoms with van der Waals surface area (Å²) in [5, 5.41) is 0. The molecule has 0 aromatic heterocycles. The number of rotatable bonds is 2. The van der Waals surface area contributed by atoms with Crippen molar-refractivity contribution >= 4 is 10.9 Å². The summed E-state index contributed by atoms with van der Waals surface area (Å²) in [7, 11) is 3.34. The van der Waals surface area contributed by atoms with Gasteiger partial charge in [-0.05, 0) is 44.0 Å². The first-order valence-electron chi connectivity index (χ1n) is 3.81. The van der Waals surface area contributed by atoms with Crippen LogP contribution in [0.25, 0.3) is 0 Å². The minimum Gasteiger partial charge on any atom is -0.261 e. The highest BCUT2D eigenvalue weighted by Crippen LogP contribution is 2.09. The Kier molecular flexibility index (Phi) is 3.00. The van der Waals surface area contributed by atoms with Gasteiger partial charge in [-0.3, -0.25) is 4.78 Å². The molecule has 1 atom stereocenters. The molecular formula is C9H14N2S. The van der Waals surface area contributed by atoms with E-state index in [0.717, 1.165) is 4.90 Å². The SMILES string of the molecule is Cc1ccc(S(=N)N(C)C)cc1. The normalized spacial score (nSPS) is 13.3. The standard InChI is InChI=1S/C9H14N2S/c1-8-4-6-9(7-5-8)12(10)11(2)3/h4-7,10H,1-3H3. The summed E-state index contributed by atoms with van der Waals surface area (Å²) in [6.07, 6.45) is 0.